The first kappa shape index (κ1) is 29.6. The van der Waals surface area contributed by atoms with E-state index in [4.69, 9.17) is 0 Å². The second-order valence-electron chi connectivity index (χ2n) is 7.26. The fourth-order valence-corrected chi connectivity index (χ4v) is 3.82. The minimum absolute atomic E-state index is 1.06. The van der Waals surface area contributed by atoms with Gasteiger partial charge in [0.1, 0.15) is 0 Å². The van der Waals surface area contributed by atoms with Gasteiger partial charge in [-0.15, -0.1) is 0 Å². The number of hydrogen-bond acceptors (Lipinski definition) is 4. The van der Waals surface area contributed by atoms with Crippen LogP contribution in [0.2, 0.25) is 0 Å². The molecule has 160 valence electrons. The third kappa shape index (κ3) is 33.0. The Morgan fingerprint density at radius 3 is 0.423 bits per heavy atom. The van der Waals surface area contributed by atoms with Gasteiger partial charge in [-0.1, -0.05) is 89.9 Å². The van der Waals surface area contributed by atoms with Gasteiger partial charge in [0.25, 0.3) is 0 Å². The molecule has 0 atom stereocenters. The van der Waals surface area contributed by atoms with E-state index in [0.717, 1.165) is 23.0 Å². The molecule has 0 saturated heterocycles. The molecule has 26 heavy (non-hydrogen) atoms. The van der Waals surface area contributed by atoms with Crippen molar-refractivity contribution in [3.8, 4) is 0 Å². The van der Waals surface area contributed by atoms with Gasteiger partial charge in [0.2, 0.25) is 0 Å². The largest absolute Gasteiger partial charge is 0.179 e. The molecule has 0 aromatic rings. The maximum Gasteiger partial charge on any atom is -0.00979 e. The molecular formula is C22H48S4. The zero-order chi connectivity index (χ0) is 19.6. The predicted molar refractivity (Wildman–Crippen MR) is 139 cm³/mol. The van der Waals surface area contributed by atoms with Crippen molar-refractivity contribution in [2.45, 2.75) is 116 Å². The van der Waals surface area contributed by atoms with E-state index < -0.39 is 0 Å². The van der Waals surface area contributed by atoms with Crippen molar-refractivity contribution in [1.82, 2.24) is 0 Å². The summed E-state index contributed by atoms with van der Waals surface area (Å²) in [6.07, 6.45) is 24.9. The van der Waals surface area contributed by atoms with Crippen LogP contribution >= 0.6 is 50.5 Å². The highest BCUT2D eigenvalue weighted by Crippen LogP contribution is 2.11. The van der Waals surface area contributed by atoms with Crippen LogP contribution in [0.15, 0.2) is 0 Å². The Morgan fingerprint density at radius 2 is 0.308 bits per heavy atom. The van der Waals surface area contributed by atoms with Crippen molar-refractivity contribution in [3.05, 3.63) is 0 Å². The van der Waals surface area contributed by atoms with E-state index in [9.17, 15) is 0 Å². The molecule has 0 aliphatic rings. The molecule has 0 fully saturated rings. The van der Waals surface area contributed by atoms with Crippen LogP contribution in [0, 0.1) is 0 Å². The van der Waals surface area contributed by atoms with Gasteiger partial charge < -0.3 is 0 Å². The van der Waals surface area contributed by atoms with E-state index in [1.165, 1.54) is 116 Å². The van der Waals surface area contributed by atoms with Crippen molar-refractivity contribution in [3.63, 3.8) is 0 Å². The summed E-state index contributed by atoms with van der Waals surface area (Å²) in [7, 11) is 0. The normalized spacial score (nSPS) is 10.6. The average molecular weight is 441 g/mol. The first-order chi connectivity index (χ1) is 12.8. The third-order valence-corrected chi connectivity index (χ3v) is 5.90. The van der Waals surface area contributed by atoms with Gasteiger partial charge in [0, 0.05) is 0 Å². The molecule has 0 bridgehead atoms. The lowest BCUT2D eigenvalue weighted by atomic mass is 10.1. The summed E-state index contributed by atoms with van der Waals surface area (Å²) in [5.41, 5.74) is 0. The molecule has 0 aliphatic carbocycles. The number of rotatable bonds is 20. The predicted octanol–water partition coefficient (Wildman–Crippen LogP) is 8.71. The Kier molecular flexibility index (Phi) is 35.4. The molecule has 4 heteroatoms. The highest BCUT2D eigenvalue weighted by atomic mass is 32.1. The van der Waals surface area contributed by atoms with Crippen LogP contribution in [0.1, 0.15) is 116 Å². The van der Waals surface area contributed by atoms with Crippen molar-refractivity contribution in [2.75, 3.05) is 23.0 Å². The fraction of sp³-hybridized carbons (Fsp3) is 1.00. The van der Waals surface area contributed by atoms with Crippen molar-refractivity contribution >= 4 is 50.5 Å². The van der Waals surface area contributed by atoms with E-state index in [-0.39, 0.29) is 0 Å². The second-order valence-corrected chi connectivity index (χ2v) is 9.05. The summed E-state index contributed by atoms with van der Waals surface area (Å²) in [6.45, 7) is 0. The average Bonchev–Trinajstić information content (AvgIpc) is 2.66. The van der Waals surface area contributed by atoms with E-state index in [1.54, 1.807) is 0 Å². The topological polar surface area (TPSA) is 0 Å². The van der Waals surface area contributed by atoms with Crippen LogP contribution in [-0.2, 0) is 0 Å². The molecule has 0 rings (SSSR count). The van der Waals surface area contributed by atoms with Crippen LogP contribution in [0.25, 0.3) is 0 Å². The van der Waals surface area contributed by atoms with Gasteiger partial charge in [0.15, 0.2) is 0 Å². The lowest BCUT2D eigenvalue weighted by Crippen LogP contribution is -1.82. The maximum atomic E-state index is 4.20. The van der Waals surface area contributed by atoms with E-state index in [0.29, 0.717) is 0 Å². The summed E-state index contributed by atoms with van der Waals surface area (Å²) in [4.78, 5) is 0. The molecule has 0 radical (unpaired) electrons. The summed E-state index contributed by atoms with van der Waals surface area (Å²) in [5.74, 6) is 4.23. The van der Waals surface area contributed by atoms with Gasteiger partial charge in [-0.3, -0.25) is 0 Å². The smallest absolute Gasteiger partial charge is 0.00979 e. The molecule has 0 aromatic carbocycles. The lowest BCUT2D eigenvalue weighted by Gasteiger charge is -2.00. The van der Waals surface area contributed by atoms with Crippen molar-refractivity contribution in [1.29, 1.82) is 0 Å². The maximum absolute atomic E-state index is 4.20. The van der Waals surface area contributed by atoms with Crippen molar-refractivity contribution < 1.29 is 0 Å². The quantitative estimate of drug-likeness (QED) is 0.106. The molecule has 0 aromatic heterocycles. The fourth-order valence-electron chi connectivity index (χ4n) is 2.92. The lowest BCUT2D eigenvalue weighted by molar-refractivity contribution is 0.574. The van der Waals surface area contributed by atoms with Crippen LogP contribution in [-0.4, -0.2) is 23.0 Å². The SMILES string of the molecule is SCCCCCCCCCCCS.SCCCCCCCCCCCS. The molecule has 0 nitrogen and oxygen atoms in total. The number of unbranched alkanes of at least 4 members (excludes halogenated alkanes) is 16. The monoisotopic (exact) mass is 440 g/mol. The highest BCUT2D eigenvalue weighted by molar-refractivity contribution is 7.80. The molecule has 0 amide bonds. The Morgan fingerprint density at radius 1 is 0.192 bits per heavy atom. The molecule has 0 aliphatic heterocycles. The van der Waals surface area contributed by atoms with E-state index in [2.05, 4.69) is 50.5 Å². The Labute approximate surface area is 188 Å². The number of hydrogen-bond donors (Lipinski definition) is 4. The molecule has 0 unspecified atom stereocenters. The minimum Gasteiger partial charge on any atom is -0.179 e. The molecule has 0 heterocycles. The Hall–Kier alpha value is 1.40. The molecule has 0 N–H and O–H groups in total. The summed E-state index contributed by atoms with van der Waals surface area (Å²) in [5, 5.41) is 0. The first-order valence-electron chi connectivity index (χ1n) is 11.3. The highest BCUT2D eigenvalue weighted by Gasteiger charge is 1.92. The zero-order valence-corrected chi connectivity index (χ0v) is 20.9. The summed E-state index contributed by atoms with van der Waals surface area (Å²) < 4.78 is 0. The Bertz CT molecular complexity index is 170. The third-order valence-electron chi connectivity index (χ3n) is 4.63. The standard InChI is InChI=1S/2C11H24S2/c2*12-10-8-6-4-2-1-3-5-7-9-11-13/h2*12-13H,1-11H2. The van der Waals surface area contributed by atoms with Gasteiger partial charge >= 0.3 is 0 Å². The van der Waals surface area contributed by atoms with Crippen LogP contribution < -0.4 is 0 Å². The summed E-state index contributed by atoms with van der Waals surface area (Å²) >= 11 is 16.8. The van der Waals surface area contributed by atoms with Gasteiger partial charge in [0.05, 0.1) is 0 Å². The second kappa shape index (κ2) is 31.1. The van der Waals surface area contributed by atoms with E-state index in [1.807, 2.05) is 0 Å². The molecular weight excluding hydrogens is 393 g/mol. The minimum atomic E-state index is 1.06. The van der Waals surface area contributed by atoms with E-state index >= 15 is 0 Å². The molecule has 0 spiro atoms. The molecule has 0 saturated carbocycles. The van der Waals surface area contributed by atoms with Crippen LogP contribution in [0.4, 0.5) is 0 Å². The van der Waals surface area contributed by atoms with Gasteiger partial charge in [-0.25, -0.2) is 0 Å². The first-order valence-corrected chi connectivity index (χ1v) is 13.8. The van der Waals surface area contributed by atoms with Crippen LogP contribution in [0.5, 0.6) is 0 Å². The summed E-state index contributed by atoms with van der Waals surface area (Å²) in [6, 6.07) is 0. The van der Waals surface area contributed by atoms with Crippen LogP contribution in [0.3, 0.4) is 0 Å². The van der Waals surface area contributed by atoms with Gasteiger partial charge in [-0.2, -0.15) is 50.5 Å². The Balaban J connectivity index is 0. The van der Waals surface area contributed by atoms with Gasteiger partial charge in [-0.05, 0) is 48.7 Å². The zero-order valence-electron chi connectivity index (χ0n) is 17.3. The van der Waals surface area contributed by atoms with Crippen molar-refractivity contribution in [2.24, 2.45) is 0 Å². The number of thiol groups is 4.